The van der Waals surface area contributed by atoms with Gasteiger partial charge in [-0.15, -0.1) is 0 Å². The van der Waals surface area contributed by atoms with Crippen LogP contribution >= 0.6 is 0 Å². The molecule has 0 saturated carbocycles. The monoisotopic (exact) mass is 425 g/mol. The van der Waals surface area contributed by atoms with Gasteiger partial charge in [0.2, 0.25) is 0 Å². The van der Waals surface area contributed by atoms with E-state index >= 15 is 0 Å². The first kappa shape index (κ1) is 27.6. The molecule has 0 unspecified atom stereocenters. The summed E-state index contributed by atoms with van der Waals surface area (Å²) in [5, 5.41) is 0.0529. The Kier molecular flexibility index (Phi) is 10.6. The second-order valence-corrected chi connectivity index (χ2v) is 14.7. The molecule has 0 spiro atoms. The fraction of sp³-hybridized carbons (Fsp3) is 0.739. The third kappa shape index (κ3) is 9.30. The first-order chi connectivity index (χ1) is 13.1. The van der Waals surface area contributed by atoms with Gasteiger partial charge in [-0.2, -0.15) is 0 Å². The van der Waals surface area contributed by atoms with E-state index in [4.69, 9.17) is 9.16 Å². The molecule has 1 amide bonds. The van der Waals surface area contributed by atoms with Crippen molar-refractivity contribution in [2.75, 3.05) is 13.2 Å². The number of nitrogens with zero attached hydrogens (tertiary/aromatic N) is 1. The summed E-state index contributed by atoms with van der Waals surface area (Å²) in [5.74, 6) is -0.137. The summed E-state index contributed by atoms with van der Waals surface area (Å²) in [6.45, 7) is 22.5. The van der Waals surface area contributed by atoms with Crippen molar-refractivity contribution in [3.8, 4) is 0 Å². The normalized spacial score (nSPS) is 14.8. The van der Waals surface area contributed by atoms with Crippen LogP contribution in [0.2, 0.25) is 18.1 Å². The zero-order chi connectivity index (χ0) is 23.0. The van der Waals surface area contributed by atoms with Gasteiger partial charge in [-0.05, 0) is 70.8 Å². The van der Waals surface area contributed by atoms with Crippen LogP contribution in [-0.2, 0) is 14.0 Å². The Hall–Kier alpha value is -1.40. The fourth-order valence-electron chi connectivity index (χ4n) is 2.56. The molecule has 0 aromatic carbocycles. The Morgan fingerprint density at radius 3 is 2.00 bits per heavy atom. The van der Waals surface area contributed by atoms with Crippen molar-refractivity contribution >= 4 is 20.2 Å². The molecule has 0 rings (SSSR count). The van der Waals surface area contributed by atoms with Crippen molar-refractivity contribution in [2.24, 2.45) is 0 Å². The summed E-state index contributed by atoms with van der Waals surface area (Å²) in [6.07, 6.45) is 5.46. The van der Waals surface area contributed by atoms with Gasteiger partial charge < -0.3 is 9.16 Å². The van der Waals surface area contributed by atoms with E-state index in [1.54, 1.807) is 13.0 Å². The topological polar surface area (TPSA) is 55.8 Å². The van der Waals surface area contributed by atoms with E-state index in [0.29, 0.717) is 6.61 Å². The molecule has 29 heavy (non-hydrogen) atoms. The smallest absolute Gasteiger partial charge is 0.411 e. The summed E-state index contributed by atoms with van der Waals surface area (Å²) >= 11 is 0. The van der Waals surface area contributed by atoms with Gasteiger partial charge in [0, 0.05) is 0 Å². The summed E-state index contributed by atoms with van der Waals surface area (Å²) in [5.41, 5.74) is 0.411. The van der Waals surface area contributed by atoms with E-state index in [1.807, 2.05) is 33.8 Å². The quantitative estimate of drug-likeness (QED) is 0.254. The third-order valence-electron chi connectivity index (χ3n) is 5.30. The maximum absolute atomic E-state index is 13.1. The number of carbonyl (C=O) groups excluding carboxylic acids is 2. The molecule has 0 saturated heterocycles. The van der Waals surface area contributed by atoms with Crippen LogP contribution in [0.4, 0.5) is 4.79 Å². The van der Waals surface area contributed by atoms with E-state index in [2.05, 4.69) is 40.8 Å². The zero-order valence-corrected chi connectivity index (χ0v) is 21.5. The molecule has 0 aliphatic rings. The minimum atomic E-state index is -2.03. The molecule has 0 fully saturated rings. The zero-order valence-electron chi connectivity index (χ0n) is 20.5. The van der Waals surface area contributed by atoms with Crippen molar-refractivity contribution in [1.29, 1.82) is 0 Å². The van der Waals surface area contributed by atoms with Crippen LogP contribution in [0, 0.1) is 0 Å². The lowest BCUT2D eigenvalue weighted by Crippen LogP contribution is -2.51. The number of amides is 1. The molecule has 0 heterocycles. The van der Waals surface area contributed by atoms with Crippen LogP contribution in [-0.4, -0.2) is 49.9 Å². The number of carbonyl (C=O) groups is 2. The fourth-order valence-corrected chi connectivity index (χ4v) is 3.57. The van der Waals surface area contributed by atoms with Crippen LogP contribution in [0.1, 0.15) is 68.7 Å². The number of ether oxygens (including phenoxy) is 1. The predicted molar refractivity (Wildman–Crippen MR) is 124 cm³/mol. The van der Waals surface area contributed by atoms with Gasteiger partial charge in [-0.3, -0.25) is 9.69 Å². The van der Waals surface area contributed by atoms with Gasteiger partial charge in [0.05, 0.1) is 19.2 Å². The average molecular weight is 426 g/mol. The molecule has 0 aliphatic heterocycles. The highest BCUT2D eigenvalue weighted by Crippen LogP contribution is 2.37. The van der Waals surface area contributed by atoms with Crippen molar-refractivity contribution in [3.05, 3.63) is 23.8 Å². The Labute approximate surface area is 179 Å². The number of hydrogen-bond donors (Lipinski definition) is 0. The molecule has 168 valence electrons. The maximum atomic E-state index is 13.1. The van der Waals surface area contributed by atoms with E-state index < -0.39 is 20.0 Å². The Morgan fingerprint density at radius 2 is 1.62 bits per heavy atom. The van der Waals surface area contributed by atoms with Crippen LogP contribution in [0.5, 0.6) is 0 Å². The summed E-state index contributed by atoms with van der Waals surface area (Å²) < 4.78 is 12.1. The maximum Gasteiger partial charge on any atom is 0.411 e. The van der Waals surface area contributed by atoms with Gasteiger partial charge in [0.25, 0.3) is 0 Å². The van der Waals surface area contributed by atoms with Gasteiger partial charge in [-0.25, -0.2) is 4.79 Å². The van der Waals surface area contributed by atoms with E-state index in [1.165, 1.54) is 11.0 Å². The van der Waals surface area contributed by atoms with Crippen molar-refractivity contribution in [2.45, 2.75) is 98.5 Å². The molecule has 6 heteroatoms. The lowest BCUT2D eigenvalue weighted by molar-refractivity contribution is -0.116. The second-order valence-electron chi connectivity index (χ2n) is 9.88. The SMILES string of the molecule is C/C=C/C(=O)CN(C(=O)OC(C)(C)C)[C@H](CO[Si](C)(C)C(C)(C)C)/C(=C/C)CC. The molecule has 0 aromatic rings. The number of hydrogen-bond acceptors (Lipinski definition) is 4. The lowest BCUT2D eigenvalue weighted by atomic mass is 10.0. The third-order valence-corrected chi connectivity index (χ3v) is 9.80. The first-order valence-electron chi connectivity index (χ1n) is 10.5. The van der Waals surface area contributed by atoms with Gasteiger partial charge in [-0.1, -0.05) is 39.8 Å². The Balaban J connectivity index is 6.00. The molecule has 0 bridgehead atoms. The van der Waals surface area contributed by atoms with Crippen LogP contribution in [0.25, 0.3) is 0 Å². The number of allylic oxidation sites excluding steroid dienone is 2. The largest absolute Gasteiger partial charge is 0.444 e. The van der Waals surface area contributed by atoms with Gasteiger partial charge in [0.15, 0.2) is 14.1 Å². The van der Waals surface area contributed by atoms with Crippen molar-refractivity contribution in [3.63, 3.8) is 0 Å². The summed E-state index contributed by atoms with van der Waals surface area (Å²) in [4.78, 5) is 27.0. The standard InChI is InChI=1S/C23H43NO4Si/c1-12-15-19(25)16-24(21(26)28-22(4,5)6)20(18(13-2)14-3)17-27-29(10,11)23(7,8)9/h12-13,15,20H,14,16-17H2,1-11H3/b15-12+,18-13+/t20-/m1/s1. The molecule has 0 aliphatic carbocycles. The Morgan fingerprint density at radius 1 is 1.07 bits per heavy atom. The van der Waals surface area contributed by atoms with E-state index in [9.17, 15) is 9.59 Å². The van der Waals surface area contributed by atoms with Crippen LogP contribution in [0.15, 0.2) is 23.8 Å². The molecule has 0 radical (unpaired) electrons. The van der Waals surface area contributed by atoms with Crippen molar-refractivity contribution in [1.82, 2.24) is 4.90 Å². The lowest BCUT2D eigenvalue weighted by Gasteiger charge is -2.40. The number of rotatable bonds is 9. The minimum Gasteiger partial charge on any atom is -0.444 e. The Bertz CT molecular complexity index is 609. The highest BCUT2D eigenvalue weighted by molar-refractivity contribution is 6.74. The molecule has 1 atom stereocenters. The van der Waals surface area contributed by atoms with Crippen LogP contribution in [0.3, 0.4) is 0 Å². The minimum absolute atomic E-state index is 0.0396. The molecule has 0 N–H and O–H groups in total. The highest BCUT2D eigenvalue weighted by atomic mass is 28.4. The highest BCUT2D eigenvalue weighted by Gasteiger charge is 2.39. The molecular formula is C23H43NO4Si. The molecule has 5 nitrogen and oxygen atoms in total. The first-order valence-corrected chi connectivity index (χ1v) is 13.4. The molecular weight excluding hydrogens is 382 g/mol. The number of ketones is 1. The van der Waals surface area contributed by atoms with E-state index in [0.717, 1.165) is 12.0 Å². The van der Waals surface area contributed by atoms with Gasteiger partial charge in [0.1, 0.15) is 5.60 Å². The average Bonchev–Trinajstić information content (AvgIpc) is 2.54. The summed E-state index contributed by atoms with van der Waals surface area (Å²) in [6, 6.07) is -0.344. The second kappa shape index (κ2) is 11.1. The van der Waals surface area contributed by atoms with E-state index in [-0.39, 0.29) is 23.4 Å². The predicted octanol–water partition coefficient (Wildman–Crippen LogP) is 6.12. The molecule has 0 aromatic heterocycles. The summed E-state index contributed by atoms with van der Waals surface area (Å²) in [7, 11) is -2.03. The van der Waals surface area contributed by atoms with Crippen LogP contribution < -0.4 is 0 Å². The van der Waals surface area contributed by atoms with Gasteiger partial charge >= 0.3 is 6.09 Å². The van der Waals surface area contributed by atoms with Crippen molar-refractivity contribution < 1.29 is 18.8 Å².